The summed E-state index contributed by atoms with van der Waals surface area (Å²) in [4.78, 5) is 6.43. The third kappa shape index (κ3) is 4.21. The third-order valence-corrected chi connectivity index (χ3v) is 3.56. The van der Waals surface area contributed by atoms with Gasteiger partial charge in [-0.15, -0.1) is 0 Å². The minimum absolute atomic E-state index is 0.285. The molecule has 0 radical (unpaired) electrons. The normalized spacial score (nSPS) is 11.0. The summed E-state index contributed by atoms with van der Waals surface area (Å²) in [7, 11) is 1.95. The van der Waals surface area contributed by atoms with Crippen molar-refractivity contribution >= 4 is 35.0 Å². The van der Waals surface area contributed by atoms with Gasteiger partial charge in [-0.3, -0.25) is 0 Å². The molecule has 1 N–H and O–H groups in total. The summed E-state index contributed by atoms with van der Waals surface area (Å²) in [6.45, 7) is 4.88. The van der Waals surface area contributed by atoms with Gasteiger partial charge in [0.15, 0.2) is 0 Å². The van der Waals surface area contributed by atoms with Crippen molar-refractivity contribution in [1.82, 2.24) is 4.90 Å². The molecule has 2 rings (SSSR count). The fraction of sp³-hybridized carbons (Fsp3) is 0.235. The van der Waals surface area contributed by atoms with Crippen LogP contribution in [0.25, 0.3) is 0 Å². The molecular formula is C17H19ClFN3. The Morgan fingerprint density at radius 1 is 1.32 bits per heavy atom. The van der Waals surface area contributed by atoms with Gasteiger partial charge >= 0.3 is 0 Å². The maximum Gasteiger partial charge on any atom is 0.125 e. The second kappa shape index (κ2) is 7.27. The van der Waals surface area contributed by atoms with E-state index >= 15 is 0 Å². The lowest BCUT2D eigenvalue weighted by molar-refractivity contribution is 0.552. The highest BCUT2D eigenvalue weighted by Gasteiger charge is 2.07. The molecule has 0 spiro atoms. The van der Waals surface area contributed by atoms with E-state index in [1.807, 2.05) is 37.9 Å². The predicted molar refractivity (Wildman–Crippen MR) is 92.3 cm³/mol. The first-order valence-electron chi connectivity index (χ1n) is 7.06. The molecule has 0 aliphatic rings. The van der Waals surface area contributed by atoms with Crippen LogP contribution >= 0.6 is 11.6 Å². The molecule has 2 aromatic carbocycles. The summed E-state index contributed by atoms with van der Waals surface area (Å²) in [6.07, 6.45) is 1.77. The summed E-state index contributed by atoms with van der Waals surface area (Å²) in [6, 6.07) is 9.93. The van der Waals surface area contributed by atoms with E-state index in [0.29, 0.717) is 10.7 Å². The van der Waals surface area contributed by atoms with E-state index in [-0.39, 0.29) is 5.82 Å². The molecule has 0 saturated heterocycles. The Morgan fingerprint density at radius 2 is 2.09 bits per heavy atom. The van der Waals surface area contributed by atoms with E-state index in [2.05, 4.69) is 10.3 Å². The molecule has 0 bridgehead atoms. The number of halogens is 2. The monoisotopic (exact) mass is 319 g/mol. The topological polar surface area (TPSA) is 27.6 Å². The summed E-state index contributed by atoms with van der Waals surface area (Å²) in [5.41, 5.74) is 3.22. The van der Waals surface area contributed by atoms with Crippen LogP contribution in [0, 0.1) is 12.7 Å². The molecule has 0 aliphatic carbocycles. The summed E-state index contributed by atoms with van der Waals surface area (Å²) < 4.78 is 13.3. The first-order valence-corrected chi connectivity index (χ1v) is 7.44. The van der Waals surface area contributed by atoms with Crippen LogP contribution in [0.2, 0.25) is 5.02 Å². The van der Waals surface area contributed by atoms with Crippen molar-refractivity contribution in [2.45, 2.75) is 13.8 Å². The Bertz CT molecular complexity index is 686. The van der Waals surface area contributed by atoms with Gasteiger partial charge in [0.05, 0.1) is 12.0 Å². The van der Waals surface area contributed by atoms with Crippen molar-refractivity contribution < 1.29 is 4.39 Å². The number of aliphatic imine (C=N–C) groups is 1. The maximum absolute atomic E-state index is 13.3. The average molecular weight is 320 g/mol. The van der Waals surface area contributed by atoms with Gasteiger partial charge < -0.3 is 10.2 Å². The molecule has 0 amide bonds. The van der Waals surface area contributed by atoms with Crippen molar-refractivity contribution in [1.29, 1.82) is 0 Å². The highest BCUT2D eigenvalue weighted by Crippen LogP contribution is 2.32. The average Bonchev–Trinajstić information content (AvgIpc) is 2.48. The number of rotatable bonds is 5. The molecule has 3 nitrogen and oxygen atoms in total. The molecule has 5 heteroatoms. The highest BCUT2D eigenvalue weighted by atomic mass is 35.5. The predicted octanol–water partition coefficient (Wildman–Crippen LogP) is 5.14. The molecule has 2 aromatic rings. The van der Waals surface area contributed by atoms with E-state index in [4.69, 9.17) is 11.6 Å². The van der Waals surface area contributed by atoms with Crippen LogP contribution in [-0.2, 0) is 0 Å². The zero-order chi connectivity index (χ0) is 16.1. The lowest BCUT2D eigenvalue weighted by Crippen LogP contribution is -2.14. The summed E-state index contributed by atoms with van der Waals surface area (Å²) in [5, 5.41) is 3.76. The van der Waals surface area contributed by atoms with Crippen LogP contribution in [0.3, 0.4) is 0 Å². The van der Waals surface area contributed by atoms with Gasteiger partial charge in [0.1, 0.15) is 5.82 Å². The number of hydrogen-bond donors (Lipinski definition) is 1. The van der Waals surface area contributed by atoms with Crippen LogP contribution in [0.1, 0.15) is 12.5 Å². The van der Waals surface area contributed by atoms with E-state index < -0.39 is 0 Å². The van der Waals surface area contributed by atoms with Crippen molar-refractivity contribution in [2.75, 3.05) is 18.9 Å². The smallest absolute Gasteiger partial charge is 0.125 e. The number of anilines is 2. The van der Waals surface area contributed by atoms with Gasteiger partial charge in [0, 0.05) is 30.0 Å². The molecule has 0 aliphatic heterocycles. The van der Waals surface area contributed by atoms with Crippen LogP contribution in [-0.4, -0.2) is 24.8 Å². The van der Waals surface area contributed by atoms with E-state index in [1.54, 1.807) is 18.5 Å². The Morgan fingerprint density at radius 3 is 2.77 bits per heavy atom. The van der Waals surface area contributed by atoms with Gasteiger partial charge in [0.25, 0.3) is 0 Å². The largest absolute Gasteiger partial charge is 0.366 e. The third-order valence-electron chi connectivity index (χ3n) is 3.34. The molecule has 0 saturated carbocycles. The van der Waals surface area contributed by atoms with Crippen molar-refractivity contribution in [3.63, 3.8) is 0 Å². The Balaban J connectivity index is 2.32. The molecule has 0 heterocycles. The first kappa shape index (κ1) is 16.3. The number of nitrogens with one attached hydrogen (secondary N) is 1. The van der Waals surface area contributed by atoms with E-state index in [0.717, 1.165) is 23.5 Å². The Labute approximate surface area is 135 Å². The van der Waals surface area contributed by atoms with Gasteiger partial charge in [0.2, 0.25) is 0 Å². The number of nitrogens with zero attached hydrogens (tertiary/aromatic N) is 2. The Hall–Kier alpha value is -2.07. The maximum atomic E-state index is 13.3. The van der Waals surface area contributed by atoms with Crippen molar-refractivity contribution in [2.24, 2.45) is 4.99 Å². The molecule has 0 unspecified atom stereocenters. The van der Waals surface area contributed by atoms with Gasteiger partial charge in [-0.2, -0.15) is 0 Å². The van der Waals surface area contributed by atoms with Gasteiger partial charge in [-0.1, -0.05) is 17.7 Å². The SMILES string of the molecule is CCN(C)/C=N\c1cc(Cl)cc(Nc2cccc(F)c2)c1C. The van der Waals surface area contributed by atoms with E-state index in [9.17, 15) is 4.39 Å². The standard InChI is InChI=1S/C17H19ClFN3/c1-4-22(3)11-20-16-8-13(18)9-17(12(16)2)21-15-7-5-6-14(19)10-15/h5-11,21H,4H2,1-3H3/b20-11-. The zero-order valence-electron chi connectivity index (χ0n) is 12.9. The fourth-order valence-corrected chi connectivity index (χ4v) is 2.11. The molecule has 116 valence electrons. The first-order chi connectivity index (χ1) is 10.5. The van der Waals surface area contributed by atoms with Crippen molar-refractivity contribution in [3.05, 3.63) is 52.8 Å². The zero-order valence-corrected chi connectivity index (χ0v) is 13.7. The van der Waals surface area contributed by atoms with Crippen molar-refractivity contribution in [3.8, 4) is 0 Å². The summed E-state index contributed by atoms with van der Waals surface area (Å²) in [5.74, 6) is -0.285. The second-order valence-corrected chi connectivity index (χ2v) is 5.49. The lowest BCUT2D eigenvalue weighted by atomic mass is 10.1. The lowest BCUT2D eigenvalue weighted by Gasteiger charge is -2.13. The molecular weight excluding hydrogens is 301 g/mol. The molecule has 0 atom stereocenters. The van der Waals surface area contributed by atoms with Crippen LogP contribution in [0.15, 0.2) is 41.4 Å². The summed E-state index contributed by atoms with van der Waals surface area (Å²) >= 11 is 6.17. The molecule has 0 fully saturated rings. The minimum atomic E-state index is -0.285. The Kier molecular flexibility index (Phi) is 5.39. The quantitative estimate of drug-likeness (QED) is 0.610. The fourth-order valence-electron chi connectivity index (χ4n) is 1.89. The minimum Gasteiger partial charge on any atom is -0.366 e. The highest BCUT2D eigenvalue weighted by molar-refractivity contribution is 6.31. The van der Waals surface area contributed by atoms with Crippen LogP contribution in [0.5, 0.6) is 0 Å². The van der Waals surface area contributed by atoms with Gasteiger partial charge in [-0.25, -0.2) is 9.38 Å². The number of hydrogen-bond acceptors (Lipinski definition) is 2. The second-order valence-electron chi connectivity index (χ2n) is 5.05. The molecule has 22 heavy (non-hydrogen) atoms. The van der Waals surface area contributed by atoms with Gasteiger partial charge in [-0.05, 0) is 49.7 Å². The van der Waals surface area contributed by atoms with E-state index in [1.165, 1.54) is 12.1 Å². The number of benzene rings is 2. The van der Waals surface area contributed by atoms with Crippen LogP contribution in [0.4, 0.5) is 21.5 Å². The van der Waals surface area contributed by atoms with Crippen LogP contribution < -0.4 is 5.32 Å². The molecule has 0 aromatic heterocycles.